The minimum atomic E-state index is -4.77. The Morgan fingerprint density at radius 1 is 1.04 bits per heavy atom. The molecular weight excluding hydrogens is 331 g/mol. The van der Waals surface area contributed by atoms with Crippen molar-refractivity contribution in [3.05, 3.63) is 53.6 Å². The van der Waals surface area contributed by atoms with Gasteiger partial charge in [0.05, 0.1) is 17.7 Å². The molecule has 0 unspecified atom stereocenters. The lowest BCUT2D eigenvalue weighted by Gasteiger charge is -2.17. The van der Waals surface area contributed by atoms with Crippen molar-refractivity contribution in [1.29, 1.82) is 0 Å². The third-order valence-electron chi connectivity index (χ3n) is 3.11. The van der Waals surface area contributed by atoms with Crippen LogP contribution in [0.3, 0.4) is 0 Å². The summed E-state index contributed by atoms with van der Waals surface area (Å²) in [7, 11) is -3.06. The van der Waals surface area contributed by atoms with E-state index in [1.54, 1.807) is 19.1 Å². The maximum Gasteiger partial charge on any atom is 0.421 e. The van der Waals surface area contributed by atoms with Crippen molar-refractivity contribution in [2.24, 2.45) is 0 Å². The number of alkyl halides is 3. The van der Waals surface area contributed by atoms with E-state index < -0.39 is 33.2 Å². The van der Waals surface area contributed by atoms with Crippen LogP contribution in [0.15, 0.2) is 47.4 Å². The molecule has 8 heteroatoms. The quantitative estimate of drug-likeness (QED) is 0.916. The largest absolute Gasteiger partial charge is 0.496 e. The molecule has 0 radical (unpaired) electrons. The van der Waals surface area contributed by atoms with Gasteiger partial charge in [0.25, 0.3) is 10.0 Å². The Labute approximate surface area is 132 Å². The first-order valence-electron chi connectivity index (χ1n) is 6.49. The summed E-state index contributed by atoms with van der Waals surface area (Å²) in [6.45, 7) is 1.77. The molecule has 23 heavy (non-hydrogen) atoms. The molecule has 2 rings (SSSR count). The molecular formula is C15H14F3NO3S. The molecule has 0 aliphatic rings. The summed E-state index contributed by atoms with van der Waals surface area (Å²) >= 11 is 0. The fourth-order valence-corrected chi connectivity index (χ4v) is 3.07. The number of nitrogens with one attached hydrogen (secondary N) is 1. The Kier molecular flexibility index (Phi) is 4.56. The molecule has 4 nitrogen and oxygen atoms in total. The van der Waals surface area contributed by atoms with Gasteiger partial charge in [0.1, 0.15) is 11.3 Å². The lowest BCUT2D eigenvalue weighted by molar-refractivity contribution is -0.138. The fraction of sp³-hybridized carbons (Fsp3) is 0.200. The molecule has 0 aromatic heterocycles. The van der Waals surface area contributed by atoms with E-state index in [4.69, 9.17) is 4.74 Å². The number of benzene rings is 2. The second kappa shape index (κ2) is 6.11. The van der Waals surface area contributed by atoms with Gasteiger partial charge in [-0.3, -0.25) is 4.72 Å². The van der Waals surface area contributed by atoms with Crippen LogP contribution in [0.25, 0.3) is 0 Å². The first kappa shape index (κ1) is 17.1. The van der Waals surface area contributed by atoms with Crippen LogP contribution in [0.5, 0.6) is 5.75 Å². The highest BCUT2D eigenvalue weighted by molar-refractivity contribution is 7.92. The molecule has 0 fully saturated rings. The van der Waals surface area contributed by atoms with Crippen LogP contribution in [0.2, 0.25) is 0 Å². The van der Waals surface area contributed by atoms with Crippen LogP contribution in [0, 0.1) is 6.92 Å². The molecule has 0 saturated heterocycles. The van der Waals surface area contributed by atoms with Crippen LogP contribution in [-0.2, 0) is 16.2 Å². The van der Waals surface area contributed by atoms with Crippen LogP contribution in [0.1, 0.15) is 11.1 Å². The smallest absolute Gasteiger partial charge is 0.421 e. The first-order valence-corrected chi connectivity index (χ1v) is 7.97. The molecule has 0 aliphatic carbocycles. The average molecular weight is 345 g/mol. The summed E-state index contributed by atoms with van der Waals surface area (Å²) in [5.74, 6) is -0.457. The number of rotatable bonds is 4. The zero-order valence-corrected chi connectivity index (χ0v) is 13.1. The lowest BCUT2D eigenvalue weighted by atomic mass is 10.1. The molecule has 0 saturated carbocycles. The van der Waals surface area contributed by atoms with Crippen molar-refractivity contribution < 1.29 is 26.3 Å². The highest BCUT2D eigenvalue weighted by Gasteiger charge is 2.38. The summed E-state index contributed by atoms with van der Waals surface area (Å²) < 4.78 is 70.8. The molecule has 124 valence electrons. The summed E-state index contributed by atoms with van der Waals surface area (Å²) in [5.41, 5.74) is -0.920. The number of halogens is 3. The predicted octanol–water partition coefficient (Wildman–Crippen LogP) is 3.82. The molecule has 0 spiro atoms. The Morgan fingerprint density at radius 2 is 1.65 bits per heavy atom. The number of ether oxygens (including phenoxy) is 1. The van der Waals surface area contributed by atoms with E-state index in [9.17, 15) is 21.6 Å². The van der Waals surface area contributed by atoms with Gasteiger partial charge in [0, 0.05) is 0 Å². The van der Waals surface area contributed by atoms with E-state index in [-0.39, 0.29) is 4.90 Å². The van der Waals surface area contributed by atoms with Gasteiger partial charge in [0.15, 0.2) is 0 Å². The van der Waals surface area contributed by atoms with Crippen LogP contribution in [0.4, 0.5) is 18.9 Å². The van der Waals surface area contributed by atoms with Gasteiger partial charge >= 0.3 is 6.18 Å². The van der Waals surface area contributed by atoms with Crippen molar-refractivity contribution in [2.45, 2.75) is 18.0 Å². The van der Waals surface area contributed by atoms with Crippen molar-refractivity contribution in [3.8, 4) is 5.75 Å². The van der Waals surface area contributed by atoms with Gasteiger partial charge < -0.3 is 4.74 Å². The third kappa shape index (κ3) is 3.76. The normalized spacial score (nSPS) is 12.0. The molecule has 2 aromatic carbocycles. The Hall–Kier alpha value is -2.22. The third-order valence-corrected chi connectivity index (χ3v) is 4.49. The molecule has 0 bridgehead atoms. The van der Waals surface area contributed by atoms with E-state index in [0.29, 0.717) is 0 Å². The summed E-state index contributed by atoms with van der Waals surface area (Å²) in [6.07, 6.45) is -4.77. The maximum absolute atomic E-state index is 13.2. The molecule has 0 aliphatic heterocycles. The van der Waals surface area contributed by atoms with E-state index in [1.165, 1.54) is 18.2 Å². The number of anilines is 1. The second-order valence-electron chi connectivity index (χ2n) is 4.80. The number of aryl methyl sites for hydroxylation is 1. The van der Waals surface area contributed by atoms with Crippen LogP contribution < -0.4 is 9.46 Å². The topological polar surface area (TPSA) is 55.4 Å². The zero-order valence-electron chi connectivity index (χ0n) is 12.3. The Balaban J connectivity index is 2.49. The van der Waals surface area contributed by atoms with Crippen LogP contribution >= 0.6 is 0 Å². The van der Waals surface area contributed by atoms with Gasteiger partial charge in [-0.15, -0.1) is 0 Å². The van der Waals surface area contributed by atoms with Crippen molar-refractivity contribution in [1.82, 2.24) is 0 Å². The van der Waals surface area contributed by atoms with Gasteiger partial charge in [-0.05, 0) is 31.2 Å². The monoisotopic (exact) mass is 345 g/mol. The summed E-state index contributed by atoms with van der Waals surface area (Å²) in [5, 5.41) is 0. The molecule has 0 atom stereocenters. The zero-order chi connectivity index (χ0) is 17.3. The summed E-state index contributed by atoms with van der Waals surface area (Å²) in [6, 6.07) is 9.20. The van der Waals surface area contributed by atoms with Crippen molar-refractivity contribution in [2.75, 3.05) is 11.8 Å². The highest BCUT2D eigenvalue weighted by atomic mass is 32.2. The molecule has 1 N–H and O–H groups in total. The Bertz CT molecular complexity index is 800. The number of hydrogen-bond donors (Lipinski definition) is 1. The predicted molar refractivity (Wildman–Crippen MR) is 80.0 cm³/mol. The van der Waals surface area contributed by atoms with Crippen molar-refractivity contribution in [3.63, 3.8) is 0 Å². The second-order valence-corrected chi connectivity index (χ2v) is 6.48. The van der Waals surface area contributed by atoms with Gasteiger partial charge in [-0.1, -0.05) is 23.8 Å². The summed E-state index contributed by atoms with van der Waals surface area (Å²) in [4.78, 5) is -0.126. The van der Waals surface area contributed by atoms with Gasteiger partial charge in [-0.25, -0.2) is 8.42 Å². The molecule has 0 heterocycles. The molecule has 0 amide bonds. The lowest BCUT2D eigenvalue weighted by Crippen LogP contribution is -2.18. The molecule has 2 aromatic rings. The average Bonchev–Trinajstić information content (AvgIpc) is 2.45. The number of methoxy groups -OCH3 is 1. The SMILES string of the molecule is COc1cccc(NS(=O)(=O)c2ccc(C)cc2)c1C(F)(F)F. The minimum absolute atomic E-state index is 0.126. The number of hydrogen-bond acceptors (Lipinski definition) is 3. The minimum Gasteiger partial charge on any atom is -0.496 e. The fourth-order valence-electron chi connectivity index (χ4n) is 2.00. The van der Waals surface area contributed by atoms with Crippen molar-refractivity contribution >= 4 is 15.7 Å². The van der Waals surface area contributed by atoms with E-state index in [0.717, 1.165) is 24.8 Å². The van der Waals surface area contributed by atoms with Crippen LogP contribution in [-0.4, -0.2) is 15.5 Å². The number of sulfonamides is 1. The standard InChI is InChI=1S/C15H14F3NO3S/c1-10-6-8-11(9-7-10)23(20,21)19-12-4-3-5-13(22-2)14(12)15(16,17)18/h3-9,19H,1-2H3. The highest BCUT2D eigenvalue weighted by Crippen LogP contribution is 2.41. The maximum atomic E-state index is 13.2. The van der Waals surface area contributed by atoms with E-state index >= 15 is 0 Å². The van der Waals surface area contributed by atoms with Gasteiger partial charge in [-0.2, -0.15) is 13.2 Å². The first-order chi connectivity index (χ1) is 10.6. The van der Waals surface area contributed by atoms with Gasteiger partial charge in [0.2, 0.25) is 0 Å². The van der Waals surface area contributed by atoms with E-state index in [2.05, 4.69) is 0 Å². The Morgan fingerprint density at radius 3 is 2.17 bits per heavy atom. The van der Waals surface area contributed by atoms with E-state index in [1.807, 2.05) is 4.72 Å².